The standard InChI is InChI=1S/C7H5BrClN5/c1-3-5(8)6(9)12-7(11-3)4-2-10-14-13-4/h2H,1H3,(H,10,13,14). The van der Waals surface area contributed by atoms with Crippen molar-refractivity contribution < 1.29 is 0 Å². The highest BCUT2D eigenvalue weighted by Crippen LogP contribution is 2.25. The van der Waals surface area contributed by atoms with Gasteiger partial charge >= 0.3 is 0 Å². The summed E-state index contributed by atoms with van der Waals surface area (Å²) in [6, 6.07) is 0. The first kappa shape index (κ1) is 9.54. The summed E-state index contributed by atoms with van der Waals surface area (Å²) in [7, 11) is 0. The number of hydrogen-bond donors (Lipinski definition) is 1. The van der Waals surface area contributed by atoms with Crippen LogP contribution < -0.4 is 0 Å². The van der Waals surface area contributed by atoms with Crippen LogP contribution in [0, 0.1) is 6.92 Å². The molecule has 14 heavy (non-hydrogen) atoms. The summed E-state index contributed by atoms with van der Waals surface area (Å²) >= 11 is 9.16. The van der Waals surface area contributed by atoms with Gasteiger partial charge in [0.05, 0.1) is 16.4 Å². The fourth-order valence-corrected chi connectivity index (χ4v) is 1.34. The van der Waals surface area contributed by atoms with Crippen molar-refractivity contribution in [3.8, 4) is 11.5 Å². The highest BCUT2D eigenvalue weighted by molar-refractivity contribution is 9.10. The van der Waals surface area contributed by atoms with Gasteiger partial charge in [-0.1, -0.05) is 11.6 Å². The molecule has 0 radical (unpaired) electrons. The summed E-state index contributed by atoms with van der Waals surface area (Å²) in [5.41, 5.74) is 1.34. The van der Waals surface area contributed by atoms with Crippen molar-refractivity contribution in [1.82, 2.24) is 25.4 Å². The molecule has 0 aliphatic heterocycles. The number of aromatic amines is 1. The van der Waals surface area contributed by atoms with Gasteiger partial charge in [-0.05, 0) is 22.9 Å². The molecule has 0 aromatic carbocycles. The molecule has 72 valence electrons. The van der Waals surface area contributed by atoms with Gasteiger partial charge in [0, 0.05) is 0 Å². The fraction of sp³-hybridized carbons (Fsp3) is 0.143. The Morgan fingerprint density at radius 2 is 2.21 bits per heavy atom. The van der Waals surface area contributed by atoms with Crippen LogP contribution in [0.3, 0.4) is 0 Å². The van der Waals surface area contributed by atoms with Crippen LogP contribution in [0.5, 0.6) is 0 Å². The van der Waals surface area contributed by atoms with Crippen LogP contribution in [0.4, 0.5) is 0 Å². The van der Waals surface area contributed by atoms with Crippen molar-refractivity contribution in [1.29, 1.82) is 0 Å². The number of H-pyrrole nitrogens is 1. The number of aryl methyl sites for hydroxylation is 1. The molecular weight excluding hydrogens is 269 g/mol. The molecule has 0 amide bonds. The third-order valence-corrected chi connectivity index (χ3v) is 3.07. The van der Waals surface area contributed by atoms with Gasteiger partial charge in [0.2, 0.25) is 0 Å². The summed E-state index contributed by atoms with van der Waals surface area (Å²) in [4.78, 5) is 8.27. The molecule has 2 rings (SSSR count). The maximum absolute atomic E-state index is 5.88. The predicted octanol–water partition coefficient (Wildman–Crippen LogP) is 1.99. The van der Waals surface area contributed by atoms with Crippen LogP contribution in [0.2, 0.25) is 5.15 Å². The molecule has 5 nitrogen and oxygen atoms in total. The van der Waals surface area contributed by atoms with E-state index in [-0.39, 0.29) is 0 Å². The van der Waals surface area contributed by atoms with E-state index in [0.717, 1.165) is 5.69 Å². The average molecular weight is 275 g/mol. The van der Waals surface area contributed by atoms with E-state index in [0.29, 0.717) is 21.1 Å². The predicted molar refractivity (Wildman–Crippen MR) is 54.9 cm³/mol. The zero-order valence-corrected chi connectivity index (χ0v) is 9.46. The van der Waals surface area contributed by atoms with E-state index < -0.39 is 0 Å². The fourth-order valence-electron chi connectivity index (χ4n) is 0.948. The van der Waals surface area contributed by atoms with E-state index in [2.05, 4.69) is 41.3 Å². The van der Waals surface area contributed by atoms with Crippen molar-refractivity contribution >= 4 is 27.5 Å². The third kappa shape index (κ3) is 1.62. The van der Waals surface area contributed by atoms with Crippen molar-refractivity contribution in [2.75, 3.05) is 0 Å². The molecule has 0 aliphatic rings. The topological polar surface area (TPSA) is 67.3 Å². The van der Waals surface area contributed by atoms with Crippen LogP contribution in [-0.2, 0) is 0 Å². The van der Waals surface area contributed by atoms with Gasteiger partial charge in [-0.25, -0.2) is 9.97 Å². The highest BCUT2D eigenvalue weighted by atomic mass is 79.9. The summed E-state index contributed by atoms with van der Waals surface area (Å²) < 4.78 is 0.700. The molecule has 0 fully saturated rings. The Morgan fingerprint density at radius 3 is 2.79 bits per heavy atom. The minimum Gasteiger partial charge on any atom is -0.231 e. The molecule has 2 heterocycles. The Kier molecular flexibility index (Phi) is 2.47. The summed E-state index contributed by atoms with van der Waals surface area (Å²) in [6.07, 6.45) is 1.54. The van der Waals surface area contributed by atoms with Gasteiger partial charge in [-0.15, -0.1) is 0 Å². The molecule has 0 unspecified atom stereocenters. The molecular formula is C7H5BrClN5. The van der Waals surface area contributed by atoms with E-state index in [1.807, 2.05) is 6.92 Å². The number of nitrogens with zero attached hydrogens (tertiary/aromatic N) is 4. The number of rotatable bonds is 1. The van der Waals surface area contributed by atoms with Crippen molar-refractivity contribution in [3.05, 3.63) is 21.5 Å². The second-order valence-electron chi connectivity index (χ2n) is 2.59. The number of aromatic nitrogens is 5. The van der Waals surface area contributed by atoms with E-state index in [4.69, 9.17) is 11.6 Å². The van der Waals surface area contributed by atoms with E-state index in [1.54, 1.807) is 6.20 Å². The Hall–Kier alpha value is -1.01. The maximum Gasteiger partial charge on any atom is 0.183 e. The lowest BCUT2D eigenvalue weighted by molar-refractivity contribution is 0.936. The minimum absolute atomic E-state index is 0.371. The molecule has 0 bridgehead atoms. The quantitative estimate of drug-likeness (QED) is 0.808. The third-order valence-electron chi connectivity index (χ3n) is 1.62. The van der Waals surface area contributed by atoms with Gasteiger partial charge in [0.25, 0.3) is 0 Å². The normalized spacial score (nSPS) is 10.5. The first-order valence-corrected chi connectivity index (χ1v) is 4.91. The molecule has 2 aromatic rings. The summed E-state index contributed by atoms with van der Waals surface area (Å²) in [6.45, 7) is 1.83. The molecule has 0 atom stereocenters. The Morgan fingerprint density at radius 1 is 1.43 bits per heavy atom. The van der Waals surface area contributed by atoms with Crippen LogP contribution in [0.1, 0.15) is 5.69 Å². The Bertz CT molecular complexity index is 432. The summed E-state index contributed by atoms with van der Waals surface area (Å²) in [5.74, 6) is 0.462. The largest absolute Gasteiger partial charge is 0.231 e. The van der Waals surface area contributed by atoms with Gasteiger partial charge in [-0.3, -0.25) is 0 Å². The van der Waals surface area contributed by atoms with Gasteiger partial charge in [0.1, 0.15) is 10.8 Å². The lowest BCUT2D eigenvalue weighted by atomic mass is 10.4. The Balaban J connectivity index is 2.57. The second-order valence-corrected chi connectivity index (χ2v) is 3.74. The van der Waals surface area contributed by atoms with Crippen LogP contribution >= 0.6 is 27.5 Å². The van der Waals surface area contributed by atoms with Crippen molar-refractivity contribution in [3.63, 3.8) is 0 Å². The smallest absolute Gasteiger partial charge is 0.183 e. The van der Waals surface area contributed by atoms with E-state index >= 15 is 0 Å². The maximum atomic E-state index is 5.88. The van der Waals surface area contributed by atoms with Gasteiger partial charge < -0.3 is 0 Å². The molecule has 7 heteroatoms. The van der Waals surface area contributed by atoms with E-state index in [9.17, 15) is 0 Å². The summed E-state index contributed by atoms with van der Waals surface area (Å²) in [5, 5.41) is 10.4. The highest BCUT2D eigenvalue weighted by Gasteiger charge is 2.10. The number of nitrogens with one attached hydrogen (secondary N) is 1. The van der Waals surface area contributed by atoms with Crippen molar-refractivity contribution in [2.24, 2.45) is 0 Å². The first-order valence-electron chi connectivity index (χ1n) is 3.74. The zero-order valence-electron chi connectivity index (χ0n) is 7.12. The van der Waals surface area contributed by atoms with Gasteiger partial charge in [-0.2, -0.15) is 15.4 Å². The van der Waals surface area contributed by atoms with E-state index in [1.165, 1.54) is 0 Å². The van der Waals surface area contributed by atoms with Crippen LogP contribution in [0.15, 0.2) is 10.7 Å². The molecule has 0 saturated carbocycles. The van der Waals surface area contributed by atoms with Gasteiger partial charge in [0.15, 0.2) is 5.82 Å². The Labute approximate surface area is 93.0 Å². The monoisotopic (exact) mass is 273 g/mol. The lowest BCUT2D eigenvalue weighted by Gasteiger charge is -2.01. The SMILES string of the molecule is Cc1nc(-c2cn[nH]n2)nc(Cl)c1Br. The molecule has 0 saturated heterocycles. The van der Waals surface area contributed by atoms with Crippen molar-refractivity contribution in [2.45, 2.75) is 6.92 Å². The molecule has 2 aromatic heterocycles. The molecule has 0 aliphatic carbocycles. The number of halogens is 2. The minimum atomic E-state index is 0.371. The second kappa shape index (κ2) is 3.62. The zero-order chi connectivity index (χ0) is 10.1. The lowest BCUT2D eigenvalue weighted by Crippen LogP contribution is -1.94. The van der Waals surface area contributed by atoms with Crippen LogP contribution in [0.25, 0.3) is 11.5 Å². The number of hydrogen-bond acceptors (Lipinski definition) is 4. The molecule has 1 N–H and O–H groups in total. The first-order chi connectivity index (χ1) is 6.68. The molecule has 0 spiro atoms. The van der Waals surface area contributed by atoms with Crippen LogP contribution in [-0.4, -0.2) is 25.4 Å². The average Bonchev–Trinajstić information content (AvgIpc) is 2.66.